The standard InChI is InChI=1S/C14H9F3N2O3/c15-14(16,17)11-8-4-5-9-12(11)18(19(21)22)13(20)10-6-2-1-3-7-10/h1-9H. The number of halogens is 3. The summed E-state index contributed by atoms with van der Waals surface area (Å²) in [7, 11) is 0. The first-order chi connectivity index (χ1) is 10.3. The molecule has 0 unspecified atom stereocenters. The third kappa shape index (κ3) is 3.05. The summed E-state index contributed by atoms with van der Waals surface area (Å²) in [6, 6.07) is 10.9. The minimum atomic E-state index is -4.82. The molecule has 0 saturated carbocycles. The Labute approximate surface area is 122 Å². The van der Waals surface area contributed by atoms with Crippen LogP contribution in [0.3, 0.4) is 0 Å². The molecule has 0 bridgehead atoms. The highest BCUT2D eigenvalue weighted by molar-refractivity contribution is 6.04. The highest BCUT2D eigenvalue weighted by Gasteiger charge is 2.40. The molecular formula is C14H9F3N2O3. The Bertz CT molecular complexity index is 702. The number of hydrogen-bond donors (Lipinski definition) is 0. The fourth-order valence-electron chi connectivity index (χ4n) is 1.87. The number of para-hydroxylation sites is 1. The van der Waals surface area contributed by atoms with Crippen molar-refractivity contribution < 1.29 is 23.0 Å². The number of carbonyl (C=O) groups excluding carboxylic acids is 1. The number of hydrogen-bond acceptors (Lipinski definition) is 3. The Morgan fingerprint density at radius 2 is 1.55 bits per heavy atom. The average molecular weight is 310 g/mol. The zero-order valence-electron chi connectivity index (χ0n) is 10.9. The van der Waals surface area contributed by atoms with Gasteiger partial charge >= 0.3 is 12.1 Å². The van der Waals surface area contributed by atoms with Crippen LogP contribution in [0.25, 0.3) is 0 Å². The van der Waals surface area contributed by atoms with Crippen molar-refractivity contribution in [2.24, 2.45) is 0 Å². The molecule has 0 aliphatic heterocycles. The summed E-state index contributed by atoms with van der Waals surface area (Å²) in [6.45, 7) is 0. The third-order valence-corrected chi connectivity index (χ3v) is 2.81. The van der Waals surface area contributed by atoms with Crippen molar-refractivity contribution in [3.05, 3.63) is 75.8 Å². The van der Waals surface area contributed by atoms with Gasteiger partial charge in [0.2, 0.25) is 0 Å². The van der Waals surface area contributed by atoms with Crippen molar-refractivity contribution in [2.75, 3.05) is 5.01 Å². The van der Waals surface area contributed by atoms with Gasteiger partial charge in [0.25, 0.3) is 0 Å². The number of nitrogens with zero attached hydrogens (tertiary/aromatic N) is 2. The maximum atomic E-state index is 13.0. The molecule has 2 rings (SSSR count). The molecule has 0 aromatic heterocycles. The van der Waals surface area contributed by atoms with E-state index in [4.69, 9.17) is 0 Å². The Morgan fingerprint density at radius 3 is 2.09 bits per heavy atom. The Balaban J connectivity index is 2.56. The van der Waals surface area contributed by atoms with E-state index in [0.717, 1.165) is 12.1 Å². The van der Waals surface area contributed by atoms with E-state index in [1.165, 1.54) is 30.3 Å². The molecule has 0 spiro atoms. The van der Waals surface area contributed by atoms with E-state index in [2.05, 4.69) is 0 Å². The lowest BCUT2D eigenvalue weighted by Gasteiger charge is -2.17. The first kappa shape index (κ1) is 15.5. The van der Waals surface area contributed by atoms with E-state index in [1.807, 2.05) is 0 Å². The van der Waals surface area contributed by atoms with Gasteiger partial charge in [-0.1, -0.05) is 30.3 Å². The zero-order valence-corrected chi connectivity index (χ0v) is 10.9. The molecular weight excluding hydrogens is 301 g/mol. The summed E-state index contributed by atoms with van der Waals surface area (Å²) in [5.41, 5.74) is -2.17. The van der Waals surface area contributed by atoms with Crippen LogP contribution >= 0.6 is 0 Å². The van der Waals surface area contributed by atoms with Crippen LogP contribution in [-0.2, 0) is 6.18 Å². The second-order valence-corrected chi connectivity index (χ2v) is 4.24. The largest absolute Gasteiger partial charge is 0.418 e. The molecule has 0 heterocycles. The minimum absolute atomic E-state index is 0.0869. The topological polar surface area (TPSA) is 63.5 Å². The molecule has 0 radical (unpaired) electrons. The average Bonchev–Trinajstić information content (AvgIpc) is 2.47. The Hall–Kier alpha value is -2.90. The molecule has 0 fully saturated rings. The van der Waals surface area contributed by atoms with Crippen molar-refractivity contribution >= 4 is 11.6 Å². The summed E-state index contributed by atoms with van der Waals surface area (Å²) in [6.07, 6.45) is -4.82. The number of carbonyl (C=O) groups is 1. The van der Waals surface area contributed by atoms with Gasteiger partial charge in [0.15, 0.2) is 5.03 Å². The third-order valence-electron chi connectivity index (χ3n) is 2.81. The Morgan fingerprint density at radius 1 is 1.00 bits per heavy atom. The van der Waals surface area contributed by atoms with E-state index in [-0.39, 0.29) is 10.6 Å². The number of nitro groups is 1. The maximum absolute atomic E-state index is 13.0. The smallest absolute Gasteiger partial charge is 0.262 e. The lowest BCUT2D eigenvalue weighted by Crippen LogP contribution is -2.37. The fourth-order valence-corrected chi connectivity index (χ4v) is 1.87. The van der Waals surface area contributed by atoms with Crippen LogP contribution in [0.2, 0.25) is 0 Å². The molecule has 114 valence electrons. The number of hydrazine groups is 1. The molecule has 2 aromatic rings. The molecule has 5 nitrogen and oxygen atoms in total. The lowest BCUT2D eigenvalue weighted by atomic mass is 10.1. The summed E-state index contributed by atoms with van der Waals surface area (Å²) in [5.74, 6) is -1.15. The minimum Gasteiger partial charge on any atom is -0.262 e. The van der Waals surface area contributed by atoms with Gasteiger partial charge in [-0.3, -0.25) is 4.79 Å². The molecule has 0 aliphatic carbocycles. The van der Waals surface area contributed by atoms with Gasteiger partial charge in [0, 0.05) is 5.56 Å². The predicted octanol–water partition coefficient (Wildman–Crippen LogP) is 3.54. The van der Waals surface area contributed by atoms with E-state index >= 15 is 0 Å². The predicted molar refractivity (Wildman–Crippen MR) is 71.7 cm³/mol. The first-order valence-corrected chi connectivity index (χ1v) is 6.02. The summed E-state index contributed by atoms with van der Waals surface area (Å²) in [5, 5.41) is 9.87. The van der Waals surface area contributed by atoms with E-state index in [9.17, 15) is 28.1 Å². The molecule has 0 atom stereocenters. The van der Waals surface area contributed by atoms with Crippen LogP contribution in [0.4, 0.5) is 18.9 Å². The fraction of sp³-hybridized carbons (Fsp3) is 0.0714. The van der Waals surface area contributed by atoms with E-state index in [0.29, 0.717) is 6.07 Å². The number of benzene rings is 2. The van der Waals surface area contributed by atoms with Crippen molar-refractivity contribution in [3.63, 3.8) is 0 Å². The SMILES string of the molecule is O=C(c1ccccc1)N(c1ccccc1C(F)(F)F)[N+](=O)[O-]. The van der Waals surface area contributed by atoms with Crippen LogP contribution in [-0.4, -0.2) is 10.9 Å². The van der Waals surface area contributed by atoms with Gasteiger partial charge in [-0.2, -0.15) is 13.2 Å². The molecule has 1 amide bonds. The quantitative estimate of drug-likeness (QED) is 0.643. The lowest BCUT2D eigenvalue weighted by molar-refractivity contribution is -0.481. The second-order valence-electron chi connectivity index (χ2n) is 4.24. The van der Waals surface area contributed by atoms with Crippen LogP contribution < -0.4 is 5.01 Å². The van der Waals surface area contributed by atoms with Gasteiger partial charge in [-0.15, -0.1) is 0 Å². The van der Waals surface area contributed by atoms with Gasteiger partial charge < -0.3 is 0 Å². The van der Waals surface area contributed by atoms with Crippen LogP contribution in [0.15, 0.2) is 54.6 Å². The van der Waals surface area contributed by atoms with Crippen molar-refractivity contribution in [3.8, 4) is 0 Å². The first-order valence-electron chi connectivity index (χ1n) is 6.02. The Kier molecular flexibility index (Phi) is 4.11. The second kappa shape index (κ2) is 5.84. The maximum Gasteiger partial charge on any atom is 0.418 e. The van der Waals surface area contributed by atoms with Crippen molar-refractivity contribution in [2.45, 2.75) is 6.18 Å². The number of amides is 1. The molecule has 8 heteroatoms. The molecule has 22 heavy (non-hydrogen) atoms. The van der Waals surface area contributed by atoms with Crippen LogP contribution in [0, 0.1) is 10.1 Å². The highest BCUT2D eigenvalue weighted by atomic mass is 19.4. The van der Waals surface area contributed by atoms with Gasteiger partial charge in [-0.25, -0.2) is 10.1 Å². The number of rotatable bonds is 3. The highest BCUT2D eigenvalue weighted by Crippen LogP contribution is 2.36. The number of anilines is 1. The van der Waals surface area contributed by atoms with Gasteiger partial charge in [0.05, 0.1) is 5.56 Å². The summed E-state index contributed by atoms with van der Waals surface area (Å²) in [4.78, 5) is 23.3. The molecule has 2 aromatic carbocycles. The van der Waals surface area contributed by atoms with Crippen LogP contribution in [0.1, 0.15) is 15.9 Å². The van der Waals surface area contributed by atoms with E-state index < -0.39 is 28.4 Å². The van der Waals surface area contributed by atoms with E-state index in [1.54, 1.807) is 6.07 Å². The van der Waals surface area contributed by atoms with Crippen molar-refractivity contribution in [1.29, 1.82) is 0 Å². The van der Waals surface area contributed by atoms with Crippen LogP contribution in [0.5, 0.6) is 0 Å². The normalized spacial score (nSPS) is 11.0. The number of alkyl halides is 3. The zero-order chi connectivity index (χ0) is 16.3. The molecule has 0 N–H and O–H groups in total. The van der Waals surface area contributed by atoms with Gasteiger partial charge in [0.1, 0.15) is 5.69 Å². The molecule has 0 aliphatic rings. The molecule has 0 saturated heterocycles. The van der Waals surface area contributed by atoms with Crippen molar-refractivity contribution in [1.82, 2.24) is 0 Å². The summed E-state index contributed by atoms with van der Waals surface area (Å²) < 4.78 is 38.9. The summed E-state index contributed by atoms with van der Waals surface area (Å²) >= 11 is 0. The van der Waals surface area contributed by atoms with Gasteiger partial charge in [-0.05, 0) is 29.3 Å². The monoisotopic (exact) mass is 310 g/mol.